The molecule has 0 aliphatic heterocycles. The molecule has 2 aromatic heterocycles. The van der Waals surface area contributed by atoms with Crippen molar-refractivity contribution < 1.29 is 14.7 Å². The quantitative estimate of drug-likeness (QED) is 0.384. The van der Waals surface area contributed by atoms with E-state index in [9.17, 15) is 14.4 Å². The van der Waals surface area contributed by atoms with Crippen LogP contribution in [0.15, 0.2) is 41.6 Å². The number of carboxylic acid groups (broad SMARTS) is 1. The third kappa shape index (κ3) is 4.01. The fourth-order valence-electron chi connectivity index (χ4n) is 2.73. The Kier molecular flexibility index (Phi) is 5.41. The Morgan fingerprint density at radius 2 is 2.18 bits per heavy atom. The summed E-state index contributed by atoms with van der Waals surface area (Å²) in [5.41, 5.74) is 6.47. The van der Waals surface area contributed by atoms with Gasteiger partial charge in [0.2, 0.25) is 5.43 Å². The molecule has 0 aliphatic rings. The zero-order chi connectivity index (χ0) is 20.3. The minimum atomic E-state index is -1.24. The standard InChI is InChI=1S/C18H20N6O4/c1-24-9-12(16(26)22-8-13(19)17(27)28)15(25)11-3-2-10(6-14(11)24)7-23-18-20-4-5-21-18/h2-6,9,13H,7-8,19H2,1H3,(H,22,26)(H,27,28)(H2,20,21,23)/t13-/m0/s1. The van der Waals surface area contributed by atoms with Gasteiger partial charge < -0.3 is 31.0 Å². The normalized spacial score (nSPS) is 11.9. The number of aromatic amines is 1. The van der Waals surface area contributed by atoms with Crippen LogP contribution < -0.4 is 21.8 Å². The molecule has 0 bridgehead atoms. The van der Waals surface area contributed by atoms with E-state index >= 15 is 0 Å². The molecule has 6 N–H and O–H groups in total. The van der Waals surface area contributed by atoms with Crippen LogP contribution in [0.5, 0.6) is 0 Å². The number of fused-ring (bicyclic) bond motifs is 1. The van der Waals surface area contributed by atoms with Gasteiger partial charge in [-0.1, -0.05) is 6.07 Å². The van der Waals surface area contributed by atoms with E-state index in [4.69, 9.17) is 10.8 Å². The van der Waals surface area contributed by atoms with Crippen molar-refractivity contribution in [1.29, 1.82) is 0 Å². The summed E-state index contributed by atoms with van der Waals surface area (Å²) in [4.78, 5) is 42.8. The molecule has 3 rings (SSSR count). The van der Waals surface area contributed by atoms with Crippen LogP contribution in [0.4, 0.5) is 5.95 Å². The summed E-state index contributed by atoms with van der Waals surface area (Å²) in [5.74, 6) is -1.26. The monoisotopic (exact) mass is 384 g/mol. The summed E-state index contributed by atoms with van der Waals surface area (Å²) < 4.78 is 1.68. The van der Waals surface area contributed by atoms with E-state index in [2.05, 4.69) is 20.6 Å². The van der Waals surface area contributed by atoms with Crippen LogP contribution in [-0.4, -0.2) is 44.1 Å². The molecule has 0 unspecified atom stereocenters. The number of nitrogens with two attached hydrogens (primary N) is 1. The van der Waals surface area contributed by atoms with Crippen molar-refractivity contribution in [2.24, 2.45) is 12.8 Å². The van der Waals surface area contributed by atoms with Gasteiger partial charge in [0.25, 0.3) is 5.91 Å². The first kappa shape index (κ1) is 19.1. The number of pyridine rings is 1. The van der Waals surface area contributed by atoms with Crippen molar-refractivity contribution in [2.75, 3.05) is 11.9 Å². The van der Waals surface area contributed by atoms with Crippen LogP contribution in [-0.2, 0) is 18.4 Å². The number of carbonyl (C=O) groups excluding carboxylic acids is 1. The Labute approximate surface area is 159 Å². The maximum absolute atomic E-state index is 12.7. The predicted molar refractivity (Wildman–Crippen MR) is 103 cm³/mol. The Bertz CT molecular complexity index is 1070. The van der Waals surface area contributed by atoms with Crippen LogP contribution in [0, 0.1) is 0 Å². The second kappa shape index (κ2) is 7.92. The SMILES string of the molecule is Cn1cc(C(=O)NC[C@H](N)C(=O)O)c(=O)c2ccc(CNc3ncc[nH]3)cc21. The maximum atomic E-state index is 12.7. The number of aromatic nitrogens is 3. The van der Waals surface area contributed by atoms with E-state index in [-0.39, 0.29) is 12.1 Å². The number of anilines is 1. The molecule has 3 aromatic rings. The van der Waals surface area contributed by atoms with Crippen LogP contribution in [0.2, 0.25) is 0 Å². The molecule has 0 saturated carbocycles. The lowest BCUT2D eigenvalue weighted by Gasteiger charge is -2.12. The lowest BCUT2D eigenvalue weighted by molar-refractivity contribution is -0.138. The van der Waals surface area contributed by atoms with E-state index < -0.39 is 23.3 Å². The minimum absolute atomic E-state index is 0.0750. The van der Waals surface area contributed by atoms with E-state index in [1.54, 1.807) is 36.1 Å². The fraction of sp³-hybridized carbons (Fsp3) is 0.222. The van der Waals surface area contributed by atoms with Crippen molar-refractivity contribution >= 4 is 28.7 Å². The Morgan fingerprint density at radius 1 is 1.39 bits per heavy atom. The predicted octanol–water partition coefficient (Wildman–Crippen LogP) is 0.0154. The highest BCUT2D eigenvalue weighted by Gasteiger charge is 2.17. The highest BCUT2D eigenvalue weighted by Crippen LogP contribution is 2.15. The highest BCUT2D eigenvalue weighted by atomic mass is 16.4. The number of hydrogen-bond acceptors (Lipinski definition) is 6. The van der Waals surface area contributed by atoms with Crippen molar-refractivity contribution in [2.45, 2.75) is 12.6 Å². The number of hydrogen-bond donors (Lipinski definition) is 5. The van der Waals surface area contributed by atoms with E-state index in [1.165, 1.54) is 6.20 Å². The molecule has 2 heterocycles. The van der Waals surface area contributed by atoms with Crippen molar-refractivity contribution in [3.05, 3.63) is 58.1 Å². The first-order valence-electron chi connectivity index (χ1n) is 8.49. The average Bonchev–Trinajstić information content (AvgIpc) is 3.20. The molecular weight excluding hydrogens is 364 g/mol. The molecule has 10 nitrogen and oxygen atoms in total. The zero-order valence-corrected chi connectivity index (χ0v) is 15.1. The molecule has 0 radical (unpaired) electrons. The number of benzene rings is 1. The number of carboxylic acids is 1. The molecule has 0 spiro atoms. The summed E-state index contributed by atoms with van der Waals surface area (Å²) in [6.45, 7) is 0.236. The topological polar surface area (TPSA) is 155 Å². The van der Waals surface area contributed by atoms with Gasteiger partial charge in [0.15, 0.2) is 5.95 Å². The van der Waals surface area contributed by atoms with Crippen LogP contribution in [0.3, 0.4) is 0 Å². The number of nitrogens with one attached hydrogen (secondary N) is 3. The van der Waals surface area contributed by atoms with Crippen molar-refractivity contribution in [1.82, 2.24) is 19.9 Å². The highest BCUT2D eigenvalue weighted by molar-refractivity contribution is 5.97. The number of rotatable bonds is 7. The molecule has 28 heavy (non-hydrogen) atoms. The lowest BCUT2D eigenvalue weighted by Crippen LogP contribution is -2.43. The minimum Gasteiger partial charge on any atom is -0.480 e. The van der Waals surface area contributed by atoms with Gasteiger partial charge in [0, 0.05) is 44.1 Å². The molecule has 0 saturated heterocycles. The molecule has 10 heteroatoms. The van der Waals surface area contributed by atoms with E-state index in [0.717, 1.165) is 5.56 Å². The van der Waals surface area contributed by atoms with E-state index in [1.807, 2.05) is 6.07 Å². The Hall–Kier alpha value is -3.66. The molecular formula is C18H20N6O4. The van der Waals surface area contributed by atoms with Crippen LogP contribution in [0.25, 0.3) is 10.9 Å². The number of aliphatic carboxylic acids is 1. The van der Waals surface area contributed by atoms with Gasteiger partial charge >= 0.3 is 5.97 Å². The van der Waals surface area contributed by atoms with Gasteiger partial charge in [-0.25, -0.2) is 4.98 Å². The number of aryl methyl sites for hydroxylation is 1. The van der Waals surface area contributed by atoms with Crippen molar-refractivity contribution in [3.63, 3.8) is 0 Å². The number of H-pyrrole nitrogens is 1. The Morgan fingerprint density at radius 3 is 2.86 bits per heavy atom. The van der Waals surface area contributed by atoms with Gasteiger partial charge in [-0.2, -0.15) is 0 Å². The van der Waals surface area contributed by atoms with Gasteiger partial charge in [-0.15, -0.1) is 0 Å². The third-order valence-corrected chi connectivity index (χ3v) is 4.26. The molecule has 146 valence electrons. The van der Waals surface area contributed by atoms with Gasteiger partial charge in [-0.3, -0.25) is 14.4 Å². The van der Waals surface area contributed by atoms with Crippen LogP contribution >= 0.6 is 0 Å². The smallest absolute Gasteiger partial charge is 0.322 e. The first-order valence-corrected chi connectivity index (χ1v) is 8.49. The van der Waals surface area contributed by atoms with Crippen molar-refractivity contribution in [3.8, 4) is 0 Å². The summed E-state index contributed by atoms with van der Waals surface area (Å²) in [7, 11) is 1.73. The number of nitrogens with zero attached hydrogens (tertiary/aromatic N) is 2. The average molecular weight is 384 g/mol. The van der Waals surface area contributed by atoms with Gasteiger partial charge in [0.05, 0.1) is 5.52 Å². The summed E-state index contributed by atoms with van der Waals surface area (Å²) >= 11 is 0. The summed E-state index contributed by atoms with van der Waals surface area (Å²) in [6.07, 6.45) is 4.78. The first-order chi connectivity index (χ1) is 13.4. The second-order valence-corrected chi connectivity index (χ2v) is 6.28. The van der Waals surface area contributed by atoms with Gasteiger partial charge in [0.1, 0.15) is 11.6 Å². The number of carbonyl (C=O) groups is 2. The lowest BCUT2D eigenvalue weighted by atomic mass is 10.1. The molecule has 1 atom stereocenters. The van der Waals surface area contributed by atoms with Crippen LogP contribution in [0.1, 0.15) is 15.9 Å². The molecule has 0 fully saturated rings. The fourth-order valence-corrected chi connectivity index (χ4v) is 2.73. The number of imidazole rings is 1. The second-order valence-electron chi connectivity index (χ2n) is 6.28. The molecule has 0 aliphatic carbocycles. The largest absolute Gasteiger partial charge is 0.480 e. The Balaban J connectivity index is 1.84. The number of amides is 1. The molecule has 1 aromatic carbocycles. The van der Waals surface area contributed by atoms with Gasteiger partial charge in [-0.05, 0) is 17.7 Å². The summed E-state index contributed by atoms with van der Waals surface area (Å²) in [5, 5.41) is 14.7. The third-order valence-electron chi connectivity index (χ3n) is 4.26. The maximum Gasteiger partial charge on any atom is 0.322 e. The van der Waals surface area contributed by atoms with E-state index in [0.29, 0.717) is 23.4 Å². The molecule has 1 amide bonds. The zero-order valence-electron chi connectivity index (χ0n) is 15.1. The summed E-state index contributed by atoms with van der Waals surface area (Å²) in [6, 6.07) is 4.07.